The molecule has 0 fully saturated rings. The second-order valence-electron chi connectivity index (χ2n) is 4.84. The molecule has 1 aliphatic heterocycles. The smallest absolute Gasteiger partial charge is 0.243 e. The Morgan fingerprint density at radius 2 is 2.14 bits per heavy atom. The summed E-state index contributed by atoms with van der Waals surface area (Å²) in [6, 6.07) is 7.77. The van der Waals surface area contributed by atoms with Crippen molar-refractivity contribution in [3.8, 4) is 0 Å². The quantitative estimate of drug-likeness (QED) is 0.896. The van der Waals surface area contributed by atoms with Crippen molar-refractivity contribution in [2.75, 3.05) is 28.6 Å². The van der Waals surface area contributed by atoms with Crippen molar-refractivity contribution in [3.63, 3.8) is 0 Å². The number of nitrogens with one attached hydrogen (secondary N) is 2. The van der Waals surface area contributed by atoms with Crippen LogP contribution in [0.25, 0.3) is 0 Å². The summed E-state index contributed by atoms with van der Waals surface area (Å²) in [4.78, 5) is 22.5. The van der Waals surface area contributed by atoms with Gasteiger partial charge < -0.3 is 15.5 Å². The average Bonchev–Trinajstić information content (AvgIpc) is 2.49. The first-order valence-corrected chi connectivity index (χ1v) is 6.95. The van der Waals surface area contributed by atoms with E-state index in [0.717, 1.165) is 29.4 Å². The van der Waals surface area contributed by atoms with Gasteiger partial charge in [-0.25, -0.2) is 4.98 Å². The highest BCUT2D eigenvalue weighted by Crippen LogP contribution is 2.29. The number of hydrogen-bond donors (Lipinski definition) is 2. The van der Waals surface area contributed by atoms with E-state index >= 15 is 0 Å². The highest BCUT2D eigenvalue weighted by atomic mass is 16.2. The van der Waals surface area contributed by atoms with Gasteiger partial charge in [-0.05, 0) is 19.1 Å². The second kappa shape index (κ2) is 5.78. The zero-order chi connectivity index (χ0) is 14.7. The van der Waals surface area contributed by atoms with Crippen molar-refractivity contribution in [3.05, 3.63) is 42.4 Å². The van der Waals surface area contributed by atoms with E-state index in [1.807, 2.05) is 36.1 Å². The molecule has 2 heterocycles. The lowest BCUT2D eigenvalue weighted by Gasteiger charge is -2.30. The molecule has 1 aromatic heterocycles. The lowest BCUT2D eigenvalue weighted by atomic mass is 10.2. The highest BCUT2D eigenvalue weighted by Gasteiger charge is 2.21. The average molecular weight is 283 g/mol. The maximum atomic E-state index is 11.8. The van der Waals surface area contributed by atoms with E-state index in [1.54, 1.807) is 12.4 Å². The van der Waals surface area contributed by atoms with Gasteiger partial charge in [-0.3, -0.25) is 9.78 Å². The Morgan fingerprint density at radius 3 is 2.90 bits per heavy atom. The molecule has 2 aromatic rings. The summed E-state index contributed by atoms with van der Waals surface area (Å²) in [5.74, 6) is 0.754. The van der Waals surface area contributed by atoms with Crippen LogP contribution in [0.4, 0.5) is 17.2 Å². The van der Waals surface area contributed by atoms with Crippen LogP contribution in [0.1, 0.15) is 12.6 Å². The fourth-order valence-corrected chi connectivity index (χ4v) is 2.35. The monoisotopic (exact) mass is 283 g/mol. The highest BCUT2D eigenvalue weighted by molar-refractivity contribution is 6.01. The number of fused-ring (bicyclic) bond motifs is 1. The van der Waals surface area contributed by atoms with Crippen LogP contribution in [0.15, 0.2) is 36.7 Å². The maximum absolute atomic E-state index is 11.8. The minimum Gasteiger partial charge on any atom is -0.369 e. The molecule has 1 aliphatic rings. The molecule has 0 bridgehead atoms. The van der Waals surface area contributed by atoms with Gasteiger partial charge in [0, 0.05) is 6.54 Å². The molecule has 0 spiro atoms. The fraction of sp³-hybridized carbons (Fsp3) is 0.267. The zero-order valence-corrected chi connectivity index (χ0v) is 11.8. The number of anilines is 3. The summed E-state index contributed by atoms with van der Waals surface area (Å²) in [6.45, 7) is 3.71. The molecule has 1 amide bonds. The first-order chi connectivity index (χ1) is 10.3. The third-order valence-electron chi connectivity index (χ3n) is 3.27. The van der Waals surface area contributed by atoms with Crippen LogP contribution in [0.5, 0.6) is 0 Å². The molecule has 6 nitrogen and oxygen atoms in total. The SMILES string of the molecule is CCNc1cnc(CN2CC(=O)Nc3ccccc32)cn1. The second-order valence-corrected chi connectivity index (χ2v) is 4.84. The van der Waals surface area contributed by atoms with Crippen molar-refractivity contribution in [1.29, 1.82) is 0 Å². The van der Waals surface area contributed by atoms with Crippen molar-refractivity contribution >= 4 is 23.1 Å². The van der Waals surface area contributed by atoms with E-state index in [-0.39, 0.29) is 5.91 Å². The van der Waals surface area contributed by atoms with Gasteiger partial charge in [-0.1, -0.05) is 12.1 Å². The normalized spacial score (nSPS) is 13.6. The van der Waals surface area contributed by atoms with Crippen molar-refractivity contribution in [2.24, 2.45) is 0 Å². The van der Waals surface area contributed by atoms with E-state index in [9.17, 15) is 4.79 Å². The molecule has 0 saturated heterocycles. The Labute approximate surface area is 123 Å². The number of nitrogens with zero attached hydrogens (tertiary/aromatic N) is 3. The van der Waals surface area contributed by atoms with Crippen LogP contribution in [-0.4, -0.2) is 29.0 Å². The van der Waals surface area contributed by atoms with Gasteiger partial charge in [0.05, 0.1) is 42.6 Å². The van der Waals surface area contributed by atoms with Crippen LogP contribution in [-0.2, 0) is 11.3 Å². The Balaban J connectivity index is 1.80. The number of hydrogen-bond acceptors (Lipinski definition) is 5. The van der Waals surface area contributed by atoms with Crippen LogP contribution in [0.2, 0.25) is 0 Å². The first kappa shape index (κ1) is 13.4. The molecular formula is C15H17N5O. The molecular weight excluding hydrogens is 266 g/mol. The summed E-state index contributed by atoms with van der Waals surface area (Å²) in [5, 5.41) is 5.98. The summed E-state index contributed by atoms with van der Waals surface area (Å²) < 4.78 is 0. The largest absolute Gasteiger partial charge is 0.369 e. The molecule has 0 radical (unpaired) electrons. The molecule has 6 heteroatoms. The molecule has 21 heavy (non-hydrogen) atoms. The van der Waals surface area contributed by atoms with Gasteiger partial charge in [0.2, 0.25) is 5.91 Å². The maximum Gasteiger partial charge on any atom is 0.243 e. The number of benzene rings is 1. The molecule has 2 N–H and O–H groups in total. The predicted octanol–water partition coefficient (Wildman–Crippen LogP) is 1.87. The van der Waals surface area contributed by atoms with Gasteiger partial charge in [-0.2, -0.15) is 0 Å². The summed E-state index contributed by atoms with van der Waals surface area (Å²) in [7, 11) is 0. The predicted molar refractivity (Wildman–Crippen MR) is 82.3 cm³/mol. The Hall–Kier alpha value is -2.63. The van der Waals surface area contributed by atoms with Gasteiger partial charge in [0.1, 0.15) is 5.82 Å². The number of para-hydroxylation sites is 2. The van der Waals surface area contributed by atoms with Crippen LogP contribution < -0.4 is 15.5 Å². The number of amides is 1. The molecule has 3 rings (SSSR count). The molecule has 0 aliphatic carbocycles. The number of carbonyl (C=O) groups is 1. The topological polar surface area (TPSA) is 70.2 Å². The Bertz CT molecular complexity index is 641. The van der Waals surface area contributed by atoms with Gasteiger partial charge in [-0.15, -0.1) is 0 Å². The Kier molecular flexibility index (Phi) is 3.68. The van der Waals surface area contributed by atoms with Crippen LogP contribution >= 0.6 is 0 Å². The standard InChI is InChI=1S/C15H17N5O/c1-2-16-14-8-17-11(7-18-14)9-20-10-15(21)19-12-5-3-4-6-13(12)20/h3-8H,2,9-10H2,1H3,(H,16,18)(H,19,21). The van der Waals surface area contributed by atoms with E-state index in [4.69, 9.17) is 0 Å². The minimum absolute atomic E-state index is 0.00840. The minimum atomic E-state index is -0.00840. The Morgan fingerprint density at radius 1 is 1.29 bits per heavy atom. The van der Waals surface area contributed by atoms with Gasteiger partial charge in [0.15, 0.2) is 0 Å². The number of aromatic nitrogens is 2. The van der Waals surface area contributed by atoms with E-state index in [1.165, 1.54) is 0 Å². The lowest BCUT2D eigenvalue weighted by Crippen LogP contribution is -2.37. The summed E-state index contributed by atoms with van der Waals surface area (Å²) in [5.41, 5.74) is 2.68. The van der Waals surface area contributed by atoms with E-state index < -0.39 is 0 Å². The molecule has 0 saturated carbocycles. The van der Waals surface area contributed by atoms with Crippen LogP contribution in [0, 0.1) is 0 Å². The zero-order valence-electron chi connectivity index (χ0n) is 11.8. The van der Waals surface area contributed by atoms with Crippen molar-refractivity contribution in [2.45, 2.75) is 13.5 Å². The van der Waals surface area contributed by atoms with E-state index in [2.05, 4.69) is 20.6 Å². The first-order valence-electron chi connectivity index (χ1n) is 6.95. The van der Waals surface area contributed by atoms with Crippen LogP contribution in [0.3, 0.4) is 0 Å². The van der Waals surface area contributed by atoms with Gasteiger partial charge in [0.25, 0.3) is 0 Å². The third kappa shape index (κ3) is 2.94. The number of carbonyl (C=O) groups excluding carboxylic acids is 1. The molecule has 0 unspecified atom stereocenters. The van der Waals surface area contributed by atoms with Crippen molar-refractivity contribution < 1.29 is 4.79 Å². The van der Waals surface area contributed by atoms with Crippen molar-refractivity contribution in [1.82, 2.24) is 9.97 Å². The molecule has 108 valence electrons. The lowest BCUT2D eigenvalue weighted by molar-refractivity contribution is -0.115. The molecule has 1 aromatic carbocycles. The fourth-order valence-electron chi connectivity index (χ4n) is 2.35. The molecule has 0 atom stereocenters. The van der Waals surface area contributed by atoms with Gasteiger partial charge >= 0.3 is 0 Å². The summed E-state index contributed by atoms with van der Waals surface area (Å²) in [6.07, 6.45) is 3.46. The number of rotatable bonds is 4. The van der Waals surface area contributed by atoms with E-state index in [0.29, 0.717) is 13.1 Å². The third-order valence-corrected chi connectivity index (χ3v) is 3.27. The summed E-state index contributed by atoms with van der Waals surface area (Å²) >= 11 is 0.